The Hall–Kier alpha value is -4.10. The van der Waals surface area contributed by atoms with E-state index in [2.05, 4.69) is 22.5 Å². The van der Waals surface area contributed by atoms with Crippen molar-refractivity contribution in [3.8, 4) is 0 Å². The number of amides is 3. The van der Waals surface area contributed by atoms with Gasteiger partial charge in [-0.05, 0) is 31.8 Å². The van der Waals surface area contributed by atoms with Gasteiger partial charge in [-0.15, -0.1) is 0 Å². The van der Waals surface area contributed by atoms with Gasteiger partial charge in [-0.3, -0.25) is 33.5 Å². The van der Waals surface area contributed by atoms with E-state index in [4.69, 9.17) is 29.4 Å². The molecule has 296 valence electrons. The summed E-state index contributed by atoms with van der Waals surface area (Å²) >= 11 is 0. The van der Waals surface area contributed by atoms with Crippen molar-refractivity contribution in [3.63, 3.8) is 0 Å². The fourth-order valence-corrected chi connectivity index (χ4v) is 6.59. The molecule has 0 aromatic carbocycles. The van der Waals surface area contributed by atoms with Gasteiger partial charge in [0, 0.05) is 32.3 Å². The molecule has 7 N–H and O–H groups in total. The molecule has 0 aliphatic carbocycles. The molecule has 18 heteroatoms. The van der Waals surface area contributed by atoms with Crippen LogP contribution in [0, 0.1) is 0 Å². The highest BCUT2D eigenvalue weighted by Gasteiger charge is 2.54. The number of ether oxygens (including phenoxy) is 5. The molecule has 3 aliphatic heterocycles. The molecule has 0 bridgehead atoms. The zero-order valence-electron chi connectivity index (χ0n) is 30.2. The molecule has 0 spiro atoms. The van der Waals surface area contributed by atoms with E-state index in [-0.39, 0.29) is 6.42 Å². The minimum Gasteiger partial charge on any atom is -0.456 e. The second kappa shape index (κ2) is 20.4. The van der Waals surface area contributed by atoms with E-state index >= 15 is 0 Å². The number of esters is 1. The van der Waals surface area contributed by atoms with Crippen molar-refractivity contribution in [2.24, 2.45) is 5.73 Å². The van der Waals surface area contributed by atoms with Crippen LogP contribution in [-0.4, -0.2) is 106 Å². The van der Waals surface area contributed by atoms with Crippen LogP contribution in [0.15, 0.2) is 33.7 Å². The van der Waals surface area contributed by atoms with E-state index in [0.29, 0.717) is 25.8 Å². The summed E-state index contributed by atoms with van der Waals surface area (Å²) in [7, 11) is 1.24. The third-order valence-corrected chi connectivity index (χ3v) is 9.49. The van der Waals surface area contributed by atoms with Gasteiger partial charge in [-0.1, -0.05) is 58.3 Å². The summed E-state index contributed by atoms with van der Waals surface area (Å²) in [5.74, 6) is -3.55. The first-order chi connectivity index (χ1) is 25.4. The molecule has 0 unspecified atom stereocenters. The highest BCUT2D eigenvalue weighted by Crippen LogP contribution is 2.36. The number of H-pyrrole nitrogens is 1. The zero-order valence-corrected chi connectivity index (χ0v) is 30.2. The minimum absolute atomic E-state index is 0.0517. The Bertz CT molecular complexity index is 1550. The topological polar surface area (TPSA) is 260 Å². The summed E-state index contributed by atoms with van der Waals surface area (Å²) in [5, 5.41) is 26.6. The maximum atomic E-state index is 13.1. The molecule has 1 aromatic rings. The predicted molar refractivity (Wildman–Crippen MR) is 186 cm³/mol. The van der Waals surface area contributed by atoms with Crippen LogP contribution in [0.5, 0.6) is 0 Å². The summed E-state index contributed by atoms with van der Waals surface area (Å²) in [4.78, 5) is 78.4. The average Bonchev–Trinajstić information content (AvgIpc) is 3.33. The number of hydrogen-bond donors (Lipinski definition) is 6. The Labute approximate surface area is 306 Å². The number of methoxy groups -OCH3 is 1. The van der Waals surface area contributed by atoms with Gasteiger partial charge in [-0.25, -0.2) is 4.79 Å². The molecule has 2 fully saturated rings. The van der Waals surface area contributed by atoms with Crippen molar-refractivity contribution in [3.05, 3.63) is 44.9 Å². The molecule has 4 heterocycles. The summed E-state index contributed by atoms with van der Waals surface area (Å²) < 4.78 is 29.8. The van der Waals surface area contributed by atoms with Crippen molar-refractivity contribution < 1.29 is 53.1 Å². The van der Waals surface area contributed by atoms with Gasteiger partial charge >= 0.3 is 11.7 Å². The van der Waals surface area contributed by atoms with Crippen LogP contribution in [0.1, 0.15) is 96.6 Å². The number of primary amides is 1. The average molecular weight is 752 g/mol. The Morgan fingerprint density at radius 2 is 1.74 bits per heavy atom. The number of aliphatic hydroxyl groups excluding tert-OH is 2. The quantitative estimate of drug-likeness (QED) is 0.0798. The van der Waals surface area contributed by atoms with Gasteiger partial charge in [0.15, 0.2) is 24.2 Å². The number of nitrogens with two attached hydrogens (primary N) is 1. The Kier molecular flexibility index (Phi) is 16.0. The largest absolute Gasteiger partial charge is 0.456 e. The Morgan fingerprint density at radius 1 is 1.04 bits per heavy atom. The number of hydrogen-bond acceptors (Lipinski definition) is 13. The fourth-order valence-electron chi connectivity index (χ4n) is 6.59. The highest BCUT2D eigenvalue weighted by molar-refractivity contribution is 5.95. The van der Waals surface area contributed by atoms with E-state index in [1.807, 2.05) is 0 Å². The molecule has 0 radical (unpaired) electrons. The van der Waals surface area contributed by atoms with Gasteiger partial charge < -0.3 is 50.3 Å². The Balaban J connectivity index is 1.48. The fraction of sp³-hybridized carbons (Fsp3) is 0.714. The third kappa shape index (κ3) is 11.4. The summed E-state index contributed by atoms with van der Waals surface area (Å²) in [6.07, 6.45) is 0.265. The van der Waals surface area contributed by atoms with Crippen molar-refractivity contribution in [1.82, 2.24) is 20.2 Å². The van der Waals surface area contributed by atoms with Gasteiger partial charge in [0.2, 0.25) is 18.1 Å². The van der Waals surface area contributed by atoms with Crippen molar-refractivity contribution in [2.75, 3.05) is 13.7 Å². The maximum Gasteiger partial charge on any atom is 0.330 e. The molecule has 1 aromatic heterocycles. The second-order valence-corrected chi connectivity index (χ2v) is 13.5. The summed E-state index contributed by atoms with van der Waals surface area (Å²) in [5.41, 5.74) is 4.13. The maximum absolute atomic E-state index is 13.1. The normalized spacial score (nSPS) is 27.8. The molecule has 3 amide bonds. The van der Waals surface area contributed by atoms with E-state index < -0.39 is 95.9 Å². The molecule has 0 saturated carbocycles. The molecule has 2 saturated heterocycles. The van der Waals surface area contributed by atoms with Crippen molar-refractivity contribution >= 4 is 23.7 Å². The number of aromatic nitrogens is 2. The van der Waals surface area contributed by atoms with Crippen LogP contribution in [0.4, 0.5) is 0 Å². The molecular formula is C35H53N5O13. The minimum atomic E-state index is -1.88. The van der Waals surface area contributed by atoms with Gasteiger partial charge in [-0.2, -0.15) is 0 Å². The lowest BCUT2D eigenvalue weighted by molar-refractivity contribution is -0.241. The first kappa shape index (κ1) is 41.7. The van der Waals surface area contributed by atoms with Crippen LogP contribution >= 0.6 is 0 Å². The monoisotopic (exact) mass is 751 g/mol. The van der Waals surface area contributed by atoms with Crippen molar-refractivity contribution in [2.45, 2.75) is 146 Å². The van der Waals surface area contributed by atoms with Crippen molar-refractivity contribution in [1.29, 1.82) is 0 Å². The molecule has 18 nitrogen and oxygen atoms in total. The number of aromatic amines is 1. The number of carbonyl (C=O) groups excluding carboxylic acids is 4. The standard InChI is InChI=1S/C35H53N5O13/c1-3-4-5-6-7-8-9-10-11-15-24(43)51-29-26(49-2)27(52-33(29)40-18-16-23(42)39-35(40)48)28(30(36)45)53-34-25(44)21(41)19-22(50-34)32(47)38-20-14-12-13-17-37-31(20)46/h16,18-21,25-29,33-34,41,44H,3-15,17H2,1-2H3,(H2,36,45)(H,37,46)(H,38,47)(H,39,42,48)/t20-,21-,25-,26+,27-,28+,29+,33+,34+/m0/s1. The second-order valence-electron chi connectivity index (χ2n) is 13.5. The zero-order chi connectivity index (χ0) is 38.5. The lowest BCUT2D eigenvalue weighted by atomic mass is 10.0. The van der Waals surface area contributed by atoms with Crippen LogP contribution in [0.3, 0.4) is 0 Å². The number of nitrogens with zero attached hydrogens (tertiary/aromatic N) is 1. The number of unbranched alkanes of at least 4 members (excludes halogenated alkanes) is 8. The lowest BCUT2D eigenvalue weighted by Gasteiger charge is -2.35. The van der Waals surface area contributed by atoms with Crippen LogP contribution in [-0.2, 0) is 42.9 Å². The van der Waals surface area contributed by atoms with Gasteiger partial charge in [0.05, 0.1) is 0 Å². The first-order valence-electron chi connectivity index (χ1n) is 18.4. The number of aliphatic hydroxyl groups is 2. The first-order valence-corrected chi connectivity index (χ1v) is 18.4. The predicted octanol–water partition coefficient (Wildman–Crippen LogP) is -0.101. The molecule has 4 rings (SSSR count). The van der Waals surface area contributed by atoms with E-state index in [1.165, 1.54) is 32.8 Å². The molecule has 53 heavy (non-hydrogen) atoms. The van der Waals surface area contributed by atoms with E-state index in [1.54, 1.807) is 0 Å². The highest BCUT2D eigenvalue weighted by atomic mass is 16.7. The van der Waals surface area contributed by atoms with Crippen LogP contribution in [0.25, 0.3) is 0 Å². The van der Waals surface area contributed by atoms with Crippen LogP contribution in [0.2, 0.25) is 0 Å². The number of nitrogens with one attached hydrogen (secondary N) is 3. The molecular weight excluding hydrogens is 698 g/mol. The van der Waals surface area contributed by atoms with E-state index in [0.717, 1.165) is 55.0 Å². The number of rotatable bonds is 19. The smallest absolute Gasteiger partial charge is 0.330 e. The summed E-state index contributed by atoms with van der Waals surface area (Å²) in [6, 6.07) is 0.174. The Morgan fingerprint density at radius 3 is 2.40 bits per heavy atom. The van der Waals surface area contributed by atoms with E-state index in [9.17, 15) is 39.0 Å². The van der Waals surface area contributed by atoms with Gasteiger partial charge in [0.1, 0.15) is 30.5 Å². The lowest BCUT2D eigenvalue weighted by Crippen LogP contribution is -2.54. The number of carbonyl (C=O) groups is 4. The SMILES string of the molecule is CCCCCCCCCCCC(=O)O[C@@H]1[C@H](OC)[C@@H]([C@@H](O[C@H]2OC(C(=O)N[C@H]3CCCCNC3=O)=C[C@H](O)[C@@H]2O)C(N)=O)O[C@H]1n1ccc(=O)[nH]c1=O. The third-order valence-electron chi connectivity index (χ3n) is 9.49. The molecule has 9 atom stereocenters. The van der Waals surface area contributed by atoms with Gasteiger partial charge in [0.25, 0.3) is 11.5 Å². The van der Waals surface area contributed by atoms with Crippen LogP contribution < -0.4 is 27.6 Å². The molecule has 3 aliphatic rings. The summed E-state index contributed by atoms with van der Waals surface area (Å²) in [6.45, 7) is 2.63.